The van der Waals surface area contributed by atoms with Gasteiger partial charge in [0.2, 0.25) is 0 Å². The zero-order valence-electron chi connectivity index (χ0n) is 10.1. The summed E-state index contributed by atoms with van der Waals surface area (Å²) in [6.45, 7) is 0. The third-order valence-corrected chi connectivity index (χ3v) is 4.20. The van der Waals surface area contributed by atoms with Crippen LogP contribution < -0.4 is 5.32 Å². The maximum atomic E-state index is 12.2. The second-order valence-electron chi connectivity index (χ2n) is 4.07. The lowest BCUT2D eigenvalue weighted by molar-refractivity contribution is 0.102. The van der Waals surface area contributed by atoms with Gasteiger partial charge in [-0.2, -0.15) is 0 Å². The molecule has 0 aliphatic heterocycles. The second kappa shape index (κ2) is 5.40. The first-order valence-corrected chi connectivity index (χ1v) is 7.33. The molecule has 1 heterocycles. The van der Waals surface area contributed by atoms with E-state index in [2.05, 4.69) is 10.3 Å². The Hall–Kier alpha value is -1.62. The van der Waals surface area contributed by atoms with Crippen molar-refractivity contribution >= 4 is 55.8 Å². The molecule has 0 atom stereocenters. The van der Waals surface area contributed by atoms with Gasteiger partial charge < -0.3 is 0 Å². The lowest BCUT2D eigenvalue weighted by atomic mass is 10.2. The van der Waals surface area contributed by atoms with E-state index < -0.39 is 0 Å². The fraction of sp³-hybridized carbons (Fsp3) is 0. The highest BCUT2D eigenvalue weighted by Gasteiger charge is 2.13. The van der Waals surface area contributed by atoms with Crippen molar-refractivity contribution in [2.75, 3.05) is 5.32 Å². The van der Waals surface area contributed by atoms with Gasteiger partial charge in [0.1, 0.15) is 0 Å². The molecule has 2 aromatic carbocycles. The highest BCUT2D eigenvalue weighted by Crippen LogP contribution is 2.27. The van der Waals surface area contributed by atoms with Crippen LogP contribution in [0, 0.1) is 0 Å². The number of carbonyl (C=O) groups is 1. The molecule has 20 heavy (non-hydrogen) atoms. The number of halogens is 2. The van der Waals surface area contributed by atoms with Gasteiger partial charge in [0.15, 0.2) is 5.13 Å². The molecule has 0 fully saturated rings. The Labute approximate surface area is 129 Å². The zero-order valence-corrected chi connectivity index (χ0v) is 12.4. The van der Waals surface area contributed by atoms with E-state index in [1.54, 1.807) is 12.1 Å². The number of thiazole rings is 1. The van der Waals surface area contributed by atoms with E-state index in [0.29, 0.717) is 20.7 Å². The quantitative estimate of drug-likeness (QED) is 0.732. The van der Waals surface area contributed by atoms with Crippen LogP contribution in [0.25, 0.3) is 10.2 Å². The monoisotopic (exact) mass is 322 g/mol. The molecule has 0 radical (unpaired) electrons. The molecule has 0 saturated heterocycles. The van der Waals surface area contributed by atoms with E-state index in [9.17, 15) is 4.79 Å². The van der Waals surface area contributed by atoms with Gasteiger partial charge in [-0.1, -0.05) is 46.7 Å². The Kier molecular flexibility index (Phi) is 3.61. The predicted molar refractivity (Wildman–Crippen MR) is 84.0 cm³/mol. The van der Waals surface area contributed by atoms with E-state index in [1.807, 2.05) is 24.3 Å². The first-order chi connectivity index (χ1) is 9.63. The first-order valence-electron chi connectivity index (χ1n) is 5.75. The first kappa shape index (κ1) is 13.4. The van der Waals surface area contributed by atoms with Crippen molar-refractivity contribution in [3.8, 4) is 0 Å². The average Bonchev–Trinajstić information content (AvgIpc) is 2.83. The molecule has 1 aromatic heterocycles. The lowest BCUT2D eigenvalue weighted by Gasteiger charge is -2.04. The number of anilines is 1. The summed E-state index contributed by atoms with van der Waals surface area (Å²) < 4.78 is 1.01. The lowest BCUT2D eigenvalue weighted by Crippen LogP contribution is -2.12. The molecular weight excluding hydrogens is 315 g/mol. The summed E-state index contributed by atoms with van der Waals surface area (Å²) in [6.07, 6.45) is 0. The van der Waals surface area contributed by atoms with Gasteiger partial charge in [0.25, 0.3) is 5.91 Å². The van der Waals surface area contributed by atoms with Crippen LogP contribution in [0.2, 0.25) is 10.0 Å². The van der Waals surface area contributed by atoms with Crippen molar-refractivity contribution < 1.29 is 4.79 Å². The standard InChI is InChI=1S/C14H8Cl2N2OS/c15-8-5-6-10(16)9(7-8)13(19)18-14-17-11-3-1-2-4-12(11)20-14/h1-7H,(H,17,18,19). The molecule has 0 aliphatic rings. The number of para-hydroxylation sites is 1. The topological polar surface area (TPSA) is 42.0 Å². The molecule has 3 nitrogen and oxygen atoms in total. The molecular formula is C14H8Cl2N2OS. The smallest absolute Gasteiger partial charge is 0.259 e. The van der Waals surface area contributed by atoms with E-state index in [-0.39, 0.29) is 5.91 Å². The molecule has 0 saturated carbocycles. The van der Waals surface area contributed by atoms with Crippen molar-refractivity contribution in [3.63, 3.8) is 0 Å². The van der Waals surface area contributed by atoms with E-state index in [0.717, 1.165) is 10.2 Å². The van der Waals surface area contributed by atoms with E-state index in [1.165, 1.54) is 17.4 Å². The summed E-state index contributed by atoms with van der Waals surface area (Å²) in [5.74, 6) is -0.323. The molecule has 3 aromatic rings. The summed E-state index contributed by atoms with van der Waals surface area (Å²) in [5, 5.41) is 4.09. The highest BCUT2D eigenvalue weighted by atomic mass is 35.5. The molecule has 100 valence electrons. The van der Waals surface area contributed by atoms with Gasteiger partial charge in [-0.25, -0.2) is 4.98 Å². The molecule has 0 unspecified atom stereocenters. The average molecular weight is 323 g/mol. The molecule has 3 rings (SSSR count). The Morgan fingerprint density at radius 2 is 1.95 bits per heavy atom. The molecule has 1 N–H and O–H groups in total. The van der Waals surface area contributed by atoms with Gasteiger partial charge in [0.05, 0.1) is 20.8 Å². The van der Waals surface area contributed by atoms with Crippen molar-refractivity contribution in [1.29, 1.82) is 0 Å². The Bertz CT molecular complexity index is 768. The van der Waals surface area contributed by atoms with Crippen LogP contribution in [0.3, 0.4) is 0 Å². The number of hydrogen-bond acceptors (Lipinski definition) is 3. The number of nitrogens with one attached hydrogen (secondary N) is 1. The summed E-state index contributed by atoms with van der Waals surface area (Å²) in [7, 11) is 0. The van der Waals surface area contributed by atoms with Crippen molar-refractivity contribution in [2.24, 2.45) is 0 Å². The SMILES string of the molecule is O=C(Nc1nc2ccccc2s1)c1cc(Cl)ccc1Cl. The summed E-state index contributed by atoms with van der Waals surface area (Å²) in [6, 6.07) is 12.5. The minimum atomic E-state index is -0.323. The molecule has 1 amide bonds. The fourth-order valence-corrected chi connectivity index (χ4v) is 3.00. The van der Waals surface area contributed by atoms with Gasteiger partial charge in [-0.3, -0.25) is 10.1 Å². The third kappa shape index (κ3) is 2.63. The molecule has 0 bridgehead atoms. The van der Waals surface area contributed by atoms with Crippen molar-refractivity contribution in [1.82, 2.24) is 4.98 Å². The number of hydrogen-bond donors (Lipinski definition) is 1. The van der Waals surface area contributed by atoms with E-state index >= 15 is 0 Å². The van der Waals surface area contributed by atoms with Gasteiger partial charge in [0, 0.05) is 5.02 Å². The predicted octanol–water partition coefficient (Wildman–Crippen LogP) is 4.86. The zero-order chi connectivity index (χ0) is 14.1. The van der Waals surface area contributed by atoms with Gasteiger partial charge in [-0.15, -0.1) is 0 Å². The minimum absolute atomic E-state index is 0.323. The highest BCUT2D eigenvalue weighted by molar-refractivity contribution is 7.22. The Balaban J connectivity index is 1.90. The van der Waals surface area contributed by atoms with Crippen LogP contribution in [-0.4, -0.2) is 10.9 Å². The maximum absolute atomic E-state index is 12.2. The summed E-state index contributed by atoms with van der Waals surface area (Å²) in [5.41, 5.74) is 1.18. The van der Waals surface area contributed by atoms with Crippen LogP contribution in [0.1, 0.15) is 10.4 Å². The Morgan fingerprint density at radius 1 is 1.15 bits per heavy atom. The van der Waals surface area contributed by atoms with Crippen molar-refractivity contribution in [2.45, 2.75) is 0 Å². The van der Waals surface area contributed by atoms with Gasteiger partial charge >= 0.3 is 0 Å². The van der Waals surface area contributed by atoms with Crippen LogP contribution in [0.15, 0.2) is 42.5 Å². The minimum Gasteiger partial charge on any atom is -0.298 e. The number of rotatable bonds is 2. The normalized spacial score (nSPS) is 10.7. The Morgan fingerprint density at radius 3 is 2.75 bits per heavy atom. The second-order valence-corrected chi connectivity index (χ2v) is 5.94. The van der Waals surface area contributed by atoms with Crippen LogP contribution in [-0.2, 0) is 0 Å². The molecule has 0 spiro atoms. The van der Waals surface area contributed by atoms with Crippen LogP contribution in [0.4, 0.5) is 5.13 Å². The van der Waals surface area contributed by atoms with Crippen LogP contribution in [0.5, 0.6) is 0 Å². The fourth-order valence-electron chi connectivity index (χ4n) is 1.76. The van der Waals surface area contributed by atoms with Crippen molar-refractivity contribution in [3.05, 3.63) is 58.1 Å². The number of carbonyl (C=O) groups excluding carboxylic acids is 1. The van der Waals surface area contributed by atoms with Gasteiger partial charge in [-0.05, 0) is 30.3 Å². The number of amides is 1. The maximum Gasteiger partial charge on any atom is 0.259 e. The largest absolute Gasteiger partial charge is 0.298 e. The number of benzene rings is 2. The number of fused-ring (bicyclic) bond motifs is 1. The molecule has 0 aliphatic carbocycles. The third-order valence-electron chi connectivity index (χ3n) is 2.69. The van der Waals surface area contributed by atoms with E-state index in [4.69, 9.17) is 23.2 Å². The van der Waals surface area contributed by atoms with Crippen LogP contribution >= 0.6 is 34.5 Å². The summed E-state index contributed by atoms with van der Waals surface area (Å²) >= 11 is 13.3. The number of nitrogens with zero attached hydrogens (tertiary/aromatic N) is 1. The molecule has 6 heteroatoms. The number of aromatic nitrogens is 1. The summed E-state index contributed by atoms with van der Waals surface area (Å²) in [4.78, 5) is 16.5.